The van der Waals surface area contributed by atoms with Gasteiger partial charge in [0.1, 0.15) is 0 Å². The molecule has 15 heavy (non-hydrogen) atoms. The van der Waals surface area contributed by atoms with Gasteiger partial charge in [-0.25, -0.2) is 0 Å². The topological polar surface area (TPSA) is 25.2 Å². The molecule has 1 aromatic heterocycles. The van der Waals surface area contributed by atoms with Crippen LogP contribution in [-0.4, -0.2) is 21.6 Å². The quantitative estimate of drug-likeness (QED) is 0.695. The molecule has 0 aromatic carbocycles. The monoisotopic (exact) mass is 242 g/mol. The molecule has 2 nitrogen and oxygen atoms in total. The van der Waals surface area contributed by atoms with Crippen LogP contribution in [0.4, 0.5) is 0 Å². The molecule has 0 N–H and O–H groups in total. The Bertz CT molecular complexity index is 399. The maximum Gasteiger partial charge on any atom is 0.160 e. The van der Waals surface area contributed by atoms with E-state index in [1.54, 1.807) is 12.4 Å². The third-order valence-electron chi connectivity index (χ3n) is 2.56. The molecule has 0 saturated carbocycles. The largest absolute Gasteiger partial charge is 0.286 e. The van der Waals surface area contributed by atoms with Gasteiger partial charge in [0.25, 0.3) is 0 Å². The number of pyridine rings is 1. The summed E-state index contributed by atoms with van der Waals surface area (Å²) in [6, 6.07) is 1.94. The second kappa shape index (κ2) is 4.11. The molecule has 0 aliphatic carbocycles. The number of halogens is 2. The summed E-state index contributed by atoms with van der Waals surface area (Å²) in [6.07, 6.45) is 5.23. The molecule has 0 saturated heterocycles. The number of nitrogens with zero attached hydrogens (tertiary/aromatic N) is 2. The lowest BCUT2D eigenvalue weighted by molar-refractivity contribution is 0.712. The van der Waals surface area contributed by atoms with Crippen molar-refractivity contribution < 1.29 is 0 Å². The summed E-state index contributed by atoms with van der Waals surface area (Å²) in [5.41, 5.74) is 2.83. The van der Waals surface area contributed by atoms with Crippen LogP contribution in [0, 0.1) is 6.92 Å². The summed E-state index contributed by atoms with van der Waals surface area (Å²) in [5.74, 6) is 0. The highest BCUT2D eigenvalue weighted by molar-refractivity contribution is 6.60. The van der Waals surface area contributed by atoms with Crippen LogP contribution in [0.1, 0.15) is 24.0 Å². The fourth-order valence-corrected chi connectivity index (χ4v) is 2.31. The molecule has 0 unspecified atom stereocenters. The second-order valence-electron chi connectivity index (χ2n) is 3.73. The first-order valence-electron chi connectivity index (χ1n) is 4.95. The summed E-state index contributed by atoms with van der Waals surface area (Å²) in [7, 11) is 0. The predicted octanol–water partition coefficient (Wildman–Crippen LogP) is 3.15. The van der Waals surface area contributed by atoms with E-state index in [1.807, 2.05) is 13.0 Å². The zero-order chi connectivity index (χ0) is 10.9. The van der Waals surface area contributed by atoms with Gasteiger partial charge in [-0.15, -0.1) is 0 Å². The Morgan fingerprint density at radius 3 is 2.87 bits per heavy atom. The molecular formula is C11H12Cl2N2. The standard InChI is InChI=1S/C11H12Cl2N2/c1-8-3-6-14-7-9(8)10-11(12,13)4-2-5-15-10/h3,6-7H,2,4-5H2,1H3. The maximum atomic E-state index is 6.25. The van der Waals surface area contributed by atoms with E-state index in [9.17, 15) is 0 Å². The molecule has 1 aliphatic rings. The van der Waals surface area contributed by atoms with Gasteiger partial charge < -0.3 is 0 Å². The molecule has 2 rings (SSSR count). The fourth-order valence-electron chi connectivity index (χ4n) is 1.72. The van der Waals surface area contributed by atoms with Gasteiger partial charge in [-0.1, -0.05) is 23.2 Å². The minimum Gasteiger partial charge on any atom is -0.286 e. The van der Waals surface area contributed by atoms with E-state index in [1.165, 1.54) is 0 Å². The van der Waals surface area contributed by atoms with E-state index in [2.05, 4.69) is 9.98 Å². The lowest BCUT2D eigenvalue weighted by atomic mass is 9.99. The number of hydrogen-bond donors (Lipinski definition) is 0. The summed E-state index contributed by atoms with van der Waals surface area (Å²) < 4.78 is -0.855. The zero-order valence-electron chi connectivity index (χ0n) is 8.50. The van der Waals surface area contributed by atoms with Gasteiger partial charge in [-0.3, -0.25) is 9.98 Å². The molecule has 80 valence electrons. The highest BCUT2D eigenvalue weighted by Crippen LogP contribution is 2.35. The average Bonchev–Trinajstić information content (AvgIpc) is 2.19. The van der Waals surface area contributed by atoms with Crippen LogP contribution in [-0.2, 0) is 0 Å². The predicted molar refractivity (Wildman–Crippen MR) is 64.0 cm³/mol. The fraction of sp³-hybridized carbons (Fsp3) is 0.455. The Labute approximate surface area is 99.3 Å². The van der Waals surface area contributed by atoms with Crippen LogP contribution in [0.3, 0.4) is 0 Å². The lowest BCUT2D eigenvalue weighted by Crippen LogP contribution is -2.31. The Morgan fingerprint density at radius 1 is 1.40 bits per heavy atom. The van der Waals surface area contributed by atoms with Crippen molar-refractivity contribution in [2.24, 2.45) is 4.99 Å². The van der Waals surface area contributed by atoms with E-state index in [0.29, 0.717) is 0 Å². The Hall–Kier alpha value is -0.600. The third kappa shape index (κ3) is 2.16. The summed E-state index contributed by atoms with van der Waals surface area (Å²) >= 11 is 12.5. The van der Waals surface area contributed by atoms with Crippen LogP contribution < -0.4 is 0 Å². The van der Waals surface area contributed by atoms with Crippen molar-refractivity contribution in [3.8, 4) is 0 Å². The normalized spacial score (nSPS) is 19.8. The Kier molecular flexibility index (Phi) is 2.98. The Morgan fingerprint density at radius 2 is 2.20 bits per heavy atom. The van der Waals surface area contributed by atoms with Crippen molar-refractivity contribution in [2.75, 3.05) is 6.54 Å². The molecule has 1 aromatic rings. The van der Waals surface area contributed by atoms with Crippen molar-refractivity contribution in [1.82, 2.24) is 4.98 Å². The van der Waals surface area contributed by atoms with Crippen molar-refractivity contribution >= 4 is 28.9 Å². The summed E-state index contributed by atoms with van der Waals surface area (Å²) in [5, 5.41) is 0. The van der Waals surface area contributed by atoms with Crippen molar-refractivity contribution in [3.05, 3.63) is 29.6 Å². The zero-order valence-corrected chi connectivity index (χ0v) is 10.0. The first kappa shape index (κ1) is 10.9. The Balaban J connectivity index is 2.46. The van der Waals surface area contributed by atoms with Crippen molar-refractivity contribution in [2.45, 2.75) is 24.1 Å². The smallest absolute Gasteiger partial charge is 0.160 e. The molecule has 0 bridgehead atoms. The summed E-state index contributed by atoms with van der Waals surface area (Å²) in [4.78, 5) is 8.51. The number of rotatable bonds is 1. The first-order valence-corrected chi connectivity index (χ1v) is 5.70. The van der Waals surface area contributed by atoms with Crippen LogP contribution >= 0.6 is 23.2 Å². The van der Waals surface area contributed by atoms with E-state index in [0.717, 1.165) is 36.2 Å². The van der Waals surface area contributed by atoms with Gasteiger partial charge in [0, 0.05) is 24.5 Å². The average molecular weight is 243 g/mol. The minimum atomic E-state index is -0.855. The van der Waals surface area contributed by atoms with Crippen molar-refractivity contribution in [3.63, 3.8) is 0 Å². The van der Waals surface area contributed by atoms with Crippen LogP contribution in [0.25, 0.3) is 0 Å². The molecule has 1 aliphatic heterocycles. The molecule has 0 fully saturated rings. The van der Waals surface area contributed by atoms with Gasteiger partial charge in [0.15, 0.2) is 4.33 Å². The number of aromatic nitrogens is 1. The third-order valence-corrected chi connectivity index (χ3v) is 3.30. The number of aryl methyl sites for hydroxylation is 1. The molecule has 4 heteroatoms. The number of alkyl halides is 2. The van der Waals surface area contributed by atoms with Gasteiger partial charge >= 0.3 is 0 Å². The summed E-state index contributed by atoms with van der Waals surface area (Å²) in [6.45, 7) is 2.81. The minimum absolute atomic E-state index is 0.753. The lowest BCUT2D eigenvalue weighted by Gasteiger charge is -2.26. The van der Waals surface area contributed by atoms with E-state index in [-0.39, 0.29) is 0 Å². The molecular weight excluding hydrogens is 231 g/mol. The van der Waals surface area contributed by atoms with Crippen LogP contribution in [0.5, 0.6) is 0 Å². The van der Waals surface area contributed by atoms with E-state index < -0.39 is 4.33 Å². The SMILES string of the molecule is Cc1ccncc1C1=NCCCC1(Cl)Cl. The van der Waals surface area contributed by atoms with E-state index in [4.69, 9.17) is 23.2 Å². The van der Waals surface area contributed by atoms with Gasteiger partial charge in [0.2, 0.25) is 0 Å². The molecule has 2 heterocycles. The number of aliphatic imine (C=N–C) groups is 1. The highest BCUT2D eigenvalue weighted by Gasteiger charge is 2.34. The molecule has 0 radical (unpaired) electrons. The van der Waals surface area contributed by atoms with Gasteiger partial charge in [0.05, 0.1) is 5.71 Å². The van der Waals surface area contributed by atoms with Crippen LogP contribution in [0.2, 0.25) is 0 Å². The van der Waals surface area contributed by atoms with Crippen LogP contribution in [0.15, 0.2) is 23.5 Å². The molecule has 0 spiro atoms. The number of hydrogen-bond acceptors (Lipinski definition) is 2. The second-order valence-corrected chi connectivity index (χ2v) is 5.21. The van der Waals surface area contributed by atoms with Gasteiger partial charge in [-0.05, 0) is 31.4 Å². The maximum absolute atomic E-state index is 6.25. The molecule has 0 atom stereocenters. The van der Waals surface area contributed by atoms with Crippen molar-refractivity contribution in [1.29, 1.82) is 0 Å². The molecule has 0 amide bonds. The van der Waals surface area contributed by atoms with E-state index >= 15 is 0 Å². The highest BCUT2D eigenvalue weighted by atomic mass is 35.5. The first-order chi connectivity index (χ1) is 7.11. The van der Waals surface area contributed by atoms with Gasteiger partial charge in [-0.2, -0.15) is 0 Å².